The summed E-state index contributed by atoms with van der Waals surface area (Å²) in [6, 6.07) is 19.0. The van der Waals surface area contributed by atoms with Crippen LogP contribution in [0.2, 0.25) is 0 Å². The fraction of sp³-hybridized carbons (Fsp3) is 0.381. The molecule has 1 saturated heterocycles. The number of aromatic amines is 1. The lowest BCUT2D eigenvalue weighted by Crippen LogP contribution is -2.38. The molecule has 0 spiro atoms. The van der Waals surface area contributed by atoms with E-state index in [1.165, 1.54) is 24.9 Å². The maximum atomic E-state index is 4.74. The van der Waals surface area contributed by atoms with Crippen molar-refractivity contribution < 1.29 is 0 Å². The average molecular weight is 334 g/mol. The van der Waals surface area contributed by atoms with E-state index in [-0.39, 0.29) is 0 Å². The number of benzene rings is 2. The van der Waals surface area contributed by atoms with Gasteiger partial charge >= 0.3 is 0 Å². The predicted molar refractivity (Wildman–Crippen MR) is 104 cm³/mol. The monoisotopic (exact) mass is 334 g/mol. The van der Waals surface area contributed by atoms with Crippen molar-refractivity contribution >= 4 is 17.0 Å². The minimum atomic E-state index is 0.773. The second kappa shape index (κ2) is 7.28. The van der Waals surface area contributed by atoms with Crippen molar-refractivity contribution in [2.75, 3.05) is 31.6 Å². The van der Waals surface area contributed by atoms with Gasteiger partial charge < -0.3 is 14.8 Å². The van der Waals surface area contributed by atoms with Crippen molar-refractivity contribution in [3.8, 4) is 0 Å². The summed E-state index contributed by atoms with van der Waals surface area (Å²) in [5, 5.41) is 0. The number of H-pyrrole nitrogens is 1. The maximum absolute atomic E-state index is 4.74. The van der Waals surface area contributed by atoms with Crippen molar-refractivity contribution in [1.29, 1.82) is 0 Å². The van der Waals surface area contributed by atoms with Crippen LogP contribution in [0.1, 0.15) is 18.4 Å². The lowest BCUT2D eigenvalue weighted by Gasteiger charge is -2.33. The van der Waals surface area contributed by atoms with E-state index in [0.717, 1.165) is 42.5 Å². The summed E-state index contributed by atoms with van der Waals surface area (Å²) in [6.07, 6.45) is 2.46. The molecule has 130 valence electrons. The summed E-state index contributed by atoms with van der Waals surface area (Å²) in [4.78, 5) is 13.0. The van der Waals surface area contributed by atoms with Gasteiger partial charge in [-0.3, -0.25) is 0 Å². The molecule has 0 saturated carbocycles. The Morgan fingerprint density at radius 2 is 1.76 bits per heavy atom. The van der Waals surface area contributed by atoms with Crippen LogP contribution in [-0.2, 0) is 6.54 Å². The smallest absolute Gasteiger partial charge is 0.203 e. The second-order valence-corrected chi connectivity index (χ2v) is 7.19. The molecule has 0 aliphatic carbocycles. The SMILES string of the molecule is CN(Cc1ccccc1)CC1CCN(c2nc3ccccc3[nH]2)CC1. The molecule has 1 fully saturated rings. The molecule has 25 heavy (non-hydrogen) atoms. The van der Waals surface area contributed by atoms with Crippen molar-refractivity contribution in [3.63, 3.8) is 0 Å². The van der Waals surface area contributed by atoms with Gasteiger partial charge in [0.25, 0.3) is 0 Å². The summed E-state index contributed by atoms with van der Waals surface area (Å²) in [5.74, 6) is 1.80. The first kappa shape index (κ1) is 16.2. The van der Waals surface area contributed by atoms with Gasteiger partial charge in [-0.15, -0.1) is 0 Å². The molecule has 0 amide bonds. The van der Waals surface area contributed by atoms with E-state index in [2.05, 4.69) is 70.4 Å². The Bertz CT molecular complexity index is 770. The van der Waals surface area contributed by atoms with Crippen molar-refractivity contribution in [1.82, 2.24) is 14.9 Å². The molecule has 2 heterocycles. The van der Waals surface area contributed by atoms with Gasteiger partial charge in [-0.05, 0) is 43.5 Å². The predicted octanol–water partition coefficient (Wildman–Crippen LogP) is 3.91. The number of nitrogens with one attached hydrogen (secondary N) is 1. The lowest BCUT2D eigenvalue weighted by molar-refractivity contribution is 0.242. The van der Waals surface area contributed by atoms with Crippen LogP contribution in [0, 0.1) is 5.92 Å². The van der Waals surface area contributed by atoms with E-state index in [0.29, 0.717) is 0 Å². The number of hydrogen-bond acceptors (Lipinski definition) is 3. The van der Waals surface area contributed by atoms with Crippen LogP contribution in [0.25, 0.3) is 11.0 Å². The average Bonchev–Trinajstić information content (AvgIpc) is 3.07. The van der Waals surface area contributed by atoms with Gasteiger partial charge in [0.15, 0.2) is 0 Å². The van der Waals surface area contributed by atoms with E-state index in [1.807, 2.05) is 6.07 Å². The molecular weight excluding hydrogens is 308 g/mol. The molecule has 2 aromatic carbocycles. The van der Waals surface area contributed by atoms with Gasteiger partial charge in [0.05, 0.1) is 11.0 Å². The molecule has 0 atom stereocenters. The highest BCUT2D eigenvalue weighted by molar-refractivity contribution is 5.77. The van der Waals surface area contributed by atoms with E-state index >= 15 is 0 Å². The molecule has 1 aromatic heterocycles. The standard InChI is InChI=1S/C21H26N4/c1-24(15-17-7-3-2-4-8-17)16-18-11-13-25(14-12-18)21-22-19-9-5-6-10-20(19)23-21/h2-10,18H,11-16H2,1H3,(H,22,23). The summed E-state index contributed by atoms with van der Waals surface area (Å²) < 4.78 is 0. The molecule has 1 aliphatic heterocycles. The normalized spacial score (nSPS) is 16.0. The zero-order valence-corrected chi connectivity index (χ0v) is 14.9. The van der Waals surface area contributed by atoms with Crippen LogP contribution in [0.4, 0.5) is 5.95 Å². The first-order chi connectivity index (χ1) is 12.3. The molecular formula is C21H26N4. The molecule has 4 heteroatoms. The number of piperidine rings is 1. The Morgan fingerprint density at radius 3 is 2.52 bits per heavy atom. The number of para-hydroxylation sites is 2. The maximum Gasteiger partial charge on any atom is 0.203 e. The molecule has 4 rings (SSSR count). The minimum Gasteiger partial charge on any atom is -0.342 e. The van der Waals surface area contributed by atoms with E-state index in [1.54, 1.807) is 0 Å². The number of nitrogens with zero attached hydrogens (tertiary/aromatic N) is 3. The Morgan fingerprint density at radius 1 is 1.04 bits per heavy atom. The van der Waals surface area contributed by atoms with Crippen molar-refractivity contribution in [3.05, 3.63) is 60.2 Å². The summed E-state index contributed by atoms with van der Waals surface area (Å²) >= 11 is 0. The van der Waals surface area contributed by atoms with Gasteiger partial charge in [0.2, 0.25) is 5.95 Å². The largest absolute Gasteiger partial charge is 0.342 e. The molecule has 0 radical (unpaired) electrons. The van der Waals surface area contributed by atoms with Crippen LogP contribution >= 0.6 is 0 Å². The number of rotatable bonds is 5. The molecule has 0 unspecified atom stereocenters. The third-order valence-corrected chi connectivity index (χ3v) is 5.16. The highest BCUT2D eigenvalue weighted by atomic mass is 15.3. The quantitative estimate of drug-likeness (QED) is 0.768. The summed E-state index contributed by atoms with van der Waals surface area (Å²) in [7, 11) is 2.23. The van der Waals surface area contributed by atoms with Crippen molar-refractivity contribution in [2.45, 2.75) is 19.4 Å². The van der Waals surface area contributed by atoms with Crippen LogP contribution in [0.15, 0.2) is 54.6 Å². The number of aromatic nitrogens is 2. The van der Waals surface area contributed by atoms with Crippen LogP contribution in [-0.4, -0.2) is 41.5 Å². The van der Waals surface area contributed by atoms with E-state index in [4.69, 9.17) is 4.98 Å². The third kappa shape index (κ3) is 3.85. The number of imidazole rings is 1. The van der Waals surface area contributed by atoms with E-state index in [9.17, 15) is 0 Å². The zero-order valence-electron chi connectivity index (χ0n) is 14.9. The highest BCUT2D eigenvalue weighted by Gasteiger charge is 2.22. The third-order valence-electron chi connectivity index (χ3n) is 5.16. The van der Waals surface area contributed by atoms with Crippen LogP contribution in [0.5, 0.6) is 0 Å². The highest BCUT2D eigenvalue weighted by Crippen LogP contribution is 2.24. The van der Waals surface area contributed by atoms with Crippen LogP contribution in [0.3, 0.4) is 0 Å². The first-order valence-corrected chi connectivity index (χ1v) is 9.20. The van der Waals surface area contributed by atoms with Gasteiger partial charge in [-0.2, -0.15) is 0 Å². The fourth-order valence-electron chi connectivity index (χ4n) is 3.82. The van der Waals surface area contributed by atoms with Crippen LogP contribution < -0.4 is 4.90 Å². The molecule has 1 N–H and O–H groups in total. The molecule has 0 bridgehead atoms. The van der Waals surface area contributed by atoms with Gasteiger partial charge in [0.1, 0.15) is 0 Å². The fourth-order valence-corrected chi connectivity index (χ4v) is 3.82. The molecule has 4 nitrogen and oxygen atoms in total. The number of fused-ring (bicyclic) bond motifs is 1. The Labute approximate surface area is 149 Å². The molecule has 3 aromatic rings. The molecule has 1 aliphatic rings. The summed E-state index contributed by atoms with van der Waals surface area (Å²) in [6.45, 7) is 4.38. The van der Waals surface area contributed by atoms with E-state index < -0.39 is 0 Å². The van der Waals surface area contributed by atoms with Gasteiger partial charge in [-0.25, -0.2) is 4.98 Å². The Kier molecular flexibility index (Phi) is 4.70. The number of hydrogen-bond donors (Lipinski definition) is 1. The first-order valence-electron chi connectivity index (χ1n) is 9.20. The van der Waals surface area contributed by atoms with Crippen molar-refractivity contribution in [2.24, 2.45) is 5.92 Å². The Hall–Kier alpha value is -2.33. The summed E-state index contributed by atoms with van der Waals surface area (Å²) in [5.41, 5.74) is 3.58. The zero-order chi connectivity index (χ0) is 17.1. The minimum absolute atomic E-state index is 0.773. The Balaban J connectivity index is 1.30. The second-order valence-electron chi connectivity index (χ2n) is 7.19. The lowest BCUT2D eigenvalue weighted by atomic mass is 9.96. The topological polar surface area (TPSA) is 35.2 Å². The number of anilines is 1. The van der Waals surface area contributed by atoms with Gasteiger partial charge in [0, 0.05) is 26.2 Å². The van der Waals surface area contributed by atoms with Gasteiger partial charge in [-0.1, -0.05) is 42.5 Å².